The lowest BCUT2D eigenvalue weighted by molar-refractivity contribution is -0.0957. The minimum absolute atomic E-state index is 0.0165. The topological polar surface area (TPSA) is 56.3 Å². The SMILES string of the molecule is O=C(c1c[nH]c2ccccc12)N1CC(O)(C2CC2)C1. The van der Waals surface area contributed by atoms with E-state index in [9.17, 15) is 9.90 Å². The number of nitrogens with one attached hydrogen (secondary N) is 1. The molecule has 2 heterocycles. The number of rotatable bonds is 2. The second kappa shape index (κ2) is 3.61. The average molecular weight is 256 g/mol. The number of aliphatic hydroxyl groups is 1. The van der Waals surface area contributed by atoms with Gasteiger partial charge in [-0.3, -0.25) is 4.79 Å². The van der Waals surface area contributed by atoms with Crippen molar-refractivity contribution < 1.29 is 9.90 Å². The summed E-state index contributed by atoms with van der Waals surface area (Å²) >= 11 is 0. The van der Waals surface area contributed by atoms with Crippen molar-refractivity contribution in [3.63, 3.8) is 0 Å². The number of carbonyl (C=O) groups is 1. The average Bonchev–Trinajstić information content (AvgIpc) is 3.14. The third kappa shape index (κ3) is 1.60. The number of H-pyrrole nitrogens is 1. The summed E-state index contributed by atoms with van der Waals surface area (Å²) in [6.07, 6.45) is 3.97. The summed E-state index contributed by atoms with van der Waals surface area (Å²) in [6, 6.07) is 7.79. The van der Waals surface area contributed by atoms with Gasteiger partial charge in [0.2, 0.25) is 0 Å². The normalized spacial score (nSPS) is 21.4. The third-order valence-corrected chi connectivity index (χ3v) is 4.37. The molecule has 0 spiro atoms. The van der Waals surface area contributed by atoms with Crippen molar-refractivity contribution in [2.45, 2.75) is 18.4 Å². The maximum atomic E-state index is 12.4. The van der Waals surface area contributed by atoms with Gasteiger partial charge in [-0.1, -0.05) is 18.2 Å². The summed E-state index contributed by atoms with van der Waals surface area (Å²) in [5.41, 5.74) is 1.07. The van der Waals surface area contributed by atoms with Crippen LogP contribution in [0.15, 0.2) is 30.5 Å². The highest BCUT2D eigenvalue weighted by molar-refractivity contribution is 6.07. The van der Waals surface area contributed by atoms with Crippen LogP contribution in [0.4, 0.5) is 0 Å². The van der Waals surface area contributed by atoms with Gasteiger partial charge in [0.25, 0.3) is 5.91 Å². The van der Waals surface area contributed by atoms with Gasteiger partial charge in [0.05, 0.1) is 18.7 Å². The predicted molar refractivity (Wildman–Crippen MR) is 71.9 cm³/mol. The number of aromatic amines is 1. The van der Waals surface area contributed by atoms with Crippen molar-refractivity contribution in [2.24, 2.45) is 5.92 Å². The fourth-order valence-electron chi connectivity index (χ4n) is 3.06. The Morgan fingerprint density at radius 2 is 2.05 bits per heavy atom. The van der Waals surface area contributed by atoms with E-state index in [4.69, 9.17) is 0 Å². The summed E-state index contributed by atoms with van der Waals surface area (Å²) < 4.78 is 0. The van der Waals surface area contributed by atoms with Crippen LogP contribution < -0.4 is 0 Å². The molecule has 0 unspecified atom stereocenters. The maximum absolute atomic E-state index is 12.4. The molecule has 1 saturated carbocycles. The van der Waals surface area contributed by atoms with E-state index in [-0.39, 0.29) is 5.91 Å². The van der Waals surface area contributed by atoms with Crippen molar-refractivity contribution in [1.82, 2.24) is 9.88 Å². The fraction of sp³-hybridized carbons (Fsp3) is 0.400. The molecule has 1 aliphatic heterocycles. The number of likely N-dealkylation sites (tertiary alicyclic amines) is 1. The van der Waals surface area contributed by atoms with Gasteiger partial charge in [-0.25, -0.2) is 0 Å². The monoisotopic (exact) mass is 256 g/mol. The predicted octanol–water partition coefficient (Wildman–Crippen LogP) is 1.76. The molecule has 19 heavy (non-hydrogen) atoms. The number of nitrogens with zero attached hydrogens (tertiary/aromatic N) is 1. The highest BCUT2D eigenvalue weighted by atomic mass is 16.3. The molecule has 1 aromatic heterocycles. The van der Waals surface area contributed by atoms with Crippen LogP contribution in [0.3, 0.4) is 0 Å². The Balaban J connectivity index is 1.58. The number of fused-ring (bicyclic) bond motifs is 1. The minimum Gasteiger partial charge on any atom is -0.386 e. The van der Waals surface area contributed by atoms with Gasteiger partial charge < -0.3 is 15.0 Å². The smallest absolute Gasteiger partial charge is 0.256 e. The minimum atomic E-state index is -0.609. The second-order valence-corrected chi connectivity index (χ2v) is 5.79. The highest BCUT2D eigenvalue weighted by Crippen LogP contribution is 2.44. The van der Waals surface area contributed by atoms with Crippen LogP contribution in [0.5, 0.6) is 0 Å². The van der Waals surface area contributed by atoms with Gasteiger partial charge in [0.1, 0.15) is 5.60 Å². The number of carbonyl (C=O) groups excluding carboxylic acids is 1. The Morgan fingerprint density at radius 3 is 2.79 bits per heavy atom. The highest BCUT2D eigenvalue weighted by Gasteiger charge is 2.53. The lowest BCUT2D eigenvalue weighted by atomic mass is 9.88. The zero-order valence-corrected chi connectivity index (χ0v) is 10.6. The lowest BCUT2D eigenvalue weighted by Gasteiger charge is -2.46. The summed E-state index contributed by atoms with van der Waals surface area (Å²) in [6.45, 7) is 0.964. The van der Waals surface area contributed by atoms with Crippen LogP contribution in [0, 0.1) is 5.92 Å². The number of amides is 1. The standard InChI is InChI=1S/C15H16N2O2/c18-14(17-8-15(19,9-17)10-5-6-10)12-7-16-13-4-2-1-3-11(12)13/h1-4,7,10,16,19H,5-6,8-9H2. The first-order valence-electron chi connectivity index (χ1n) is 6.75. The molecule has 98 valence electrons. The molecule has 4 rings (SSSR count). The van der Waals surface area contributed by atoms with Crippen molar-refractivity contribution in [3.8, 4) is 0 Å². The number of β-amino-alcohol motifs (C(OH)–C–C–N with tert-alkyl or cyclic N) is 1. The summed E-state index contributed by atoms with van der Waals surface area (Å²) in [5.74, 6) is 0.433. The summed E-state index contributed by atoms with van der Waals surface area (Å²) in [4.78, 5) is 17.3. The molecule has 2 N–H and O–H groups in total. The van der Waals surface area contributed by atoms with Gasteiger partial charge >= 0.3 is 0 Å². The van der Waals surface area contributed by atoms with Crippen molar-refractivity contribution in [2.75, 3.05) is 13.1 Å². The van der Waals surface area contributed by atoms with E-state index in [1.165, 1.54) is 0 Å². The van der Waals surface area contributed by atoms with Crippen LogP contribution in [0.25, 0.3) is 10.9 Å². The van der Waals surface area contributed by atoms with Crippen LogP contribution in [-0.2, 0) is 0 Å². The number of benzene rings is 1. The van der Waals surface area contributed by atoms with Gasteiger partial charge in [0, 0.05) is 17.1 Å². The zero-order chi connectivity index (χ0) is 13.0. The van der Waals surface area contributed by atoms with E-state index in [2.05, 4.69) is 4.98 Å². The molecule has 0 bridgehead atoms. The van der Waals surface area contributed by atoms with Crippen molar-refractivity contribution in [3.05, 3.63) is 36.0 Å². The number of hydrogen-bond donors (Lipinski definition) is 2. The summed E-state index contributed by atoms with van der Waals surface area (Å²) in [5, 5.41) is 11.2. The van der Waals surface area contributed by atoms with Crippen LogP contribution in [0.2, 0.25) is 0 Å². The largest absolute Gasteiger partial charge is 0.386 e. The lowest BCUT2D eigenvalue weighted by Crippen LogP contribution is -2.64. The molecule has 1 saturated heterocycles. The zero-order valence-electron chi connectivity index (χ0n) is 10.6. The quantitative estimate of drug-likeness (QED) is 0.860. The molecule has 2 aliphatic rings. The first-order chi connectivity index (χ1) is 9.17. The van der Waals surface area contributed by atoms with E-state index in [1.807, 2.05) is 24.3 Å². The molecular formula is C15H16N2O2. The van der Waals surface area contributed by atoms with Gasteiger partial charge in [-0.15, -0.1) is 0 Å². The molecule has 1 amide bonds. The van der Waals surface area contributed by atoms with Crippen LogP contribution in [0.1, 0.15) is 23.2 Å². The summed E-state index contributed by atoms with van der Waals surface area (Å²) in [7, 11) is 0. The maximum Gasteiger partial charge on any atom is 0.256 e. The molecule has 0 atom stereocenters. The number of para-hydroxylation sites is 1. The molecule has 2 fully saturated rings. The molecule has 1 aromatic carbocycles. The second-order valence-electron chi connectivity index (χ2n) is 5.79. The Kier molecular flexibility index (Phi) is 2.10. The molecule has 1 aliphatic carbocycles. The van der Waals surface area contributed by atoms with E-state index in [0.717, 1.165) is 23.7 Å². The van der Waals surface area contributed by atoms with E-state index in [1.54, 1.807) is 11.1 Å². The van der Waals surface area contributed by atoms with Gasteiger partial charge in [0.15, 0.2) is 0 Å². The van der Waals surface area contributed by atoms with E-state index >= 15 is 0 Å². The molecular weight excluding hydrogens is 240 g/mol. The molecule has 2 aromatic rings. The molecule has 4 heteroatoms. The Hall–Kier alpha value is -1.81. The van der Waals surface area contributed by atoms with Crippen LogP contribution in [-0.4, -0.2) is 39.6 Å². The van der Waals surface area contributed by atoms with Crippen molar-refractivity contribution >= 4 is 16.8 Å². The fourth-order valence-corrected chi connectivity index (χ4v) is 3.06. The number of hydrogen-bond acceptors (Lipinski definition) is 2. The molecule has 4 nitrogen and oxygen atoms in total. The Morgan fingerprint density at radius 1 is 1.32 bits per heavy atom. The van der Waals surface area contributed by atoms with Crippen molar-refractivity contribution in [1.29, 1.82) is 0 Å². The molecule has 0 radical (unpaired) electrons. The first-order valence-corrected chi connectivity index (χ1v) is 6.75. The van der Waals surface area contributed by atoms with Gasteiger partial charge in [-0.05, 0) is 24.8 Å². The van der Waals surface area contributed by atoms with E-state index in [0.29, 0.717) is 24.6 Å². The Bertz CT molecular complexity index is 651. The third-order valence-electron chi connectivity index (χ3n) is 4.37. The Labute approximate surface area is 111 Å². The van der Waals surface area contributed by atoms with Gasteiger partial charge in [-0.2, -0.15) is 0 Å². The number of aromatic nitrogens is 1. The first kappa shape index (κ1) is 11.1. The van der Waals surface area contributed by atoms with E-state index < -0.39 is 5.60 Å². The van der Waals surface area contributed by atoms with Crippen LogP contribution >= 0.6 is 0 Å².